The van der Waals surface area contributed by atoms with E-state index in [0.717, 1.165) is 62.2 Å². The number of H-pyrrole nitrogens is 1. The number of piperazine rings is 1. The lowest BCUT2D eigenvalue weighted by molar-refractivity contribution is 0.101. The Morgan fingerprint density at radius 1 is 0.911 bits per heavy atom. The van der Waals surface area contributed by atoms with Crippen molar-refractivity contribution < 1.29 is 28.1 Å². The van der Waals surface area contributed by atoms with Crippen molar-refractivity contribution in [1.29, 1.82) is 0 Å². The number of likely N-dealkylation sites (N-methyl/N-ethyl adjacent to an activating group) is 1. The van der Waals surface area contributed by atoms with Crippen LogP contribution >= 0.6 is 0 Å². The number of urea groups is 1. The van der Waals surface area contributed by atoms with Crippen molar-refractivity contribution in [2.24, 2.45) is 0 Å². The number of likely N-dealkylation sites (tertiary alicyclic amines) is 1. The molecule has 3 amide bonds. The number of aromatic amines is 1. The van der Waals surface area contributed by atoms with E-state index in [1.54, 1.807) is 35.2 Å². The van der Waals surface area contributed by atoms with Gasteiger partial charge in [0, 0.05) is 110 Å². The first kappa shape index (κ1) is 37.3. The van der Waals surface area contributed by atoms with E-state index in [1.807, 2.05) is 39.0 Å². The molecule has 56 heavy (non-hydrogen) atoms. The van der Waals surface area contributed by atoms with Crippen LogP contribution in [0.1, 0.15) is 74.0 Å². The van der Waals surface area contributed by atoms with Crippen LogP contribution < -0.4 is 15.4 Å². The molecule has 3 aliphatic rings. The molecule has 3 aliphatic heterocycles. The number of ketones is 1. The summed E-state index contributed by atoms with van der Waals surface area (Å²) in [6.07, 6.45) is 6.35. The number of piperidine rings is 1. The fraction of sp³-hybridized carbons (Fsp3) is 0.429. The van der Waals surface area contributed by atoms with E-state index < -0.39 is 6.03 Å². The number of nitrogens with one attached hydrogen (secondary N) is 3. The Kier molecular flexibility index (Phi) is 10.3. The van der Waals surface area contributed by atoms with Crippen molar-refractivity contribution in [2.45, 2.75) is 58.4 Å². The summed E-state index contributed by atoms with van der Waals surface area (Å²) in [7, 11) is 2.12. The van der Waals surface area contributed by atoms with Crippen molar-refractivity contribution in [2.75, 3.05) is 70.0 Å². The van der Waals surface area contributed by atoms with Crippen LogP contribution in [0.2, 0.25) is 0 Å². The average Bonchev–Trinajstić information content (AvgIpc) is 3.95. The maximum atomic E-state index is 13.9. The van der Waals surface area contributed by atoms with Gasteiger partial charge in [0.15, 0.2) is 11.6 Å². The minimum Gasteiger partial charge on any atom is -0.453 e. The van der Waals surface area contributed by atoms with Crippen LogP contribution in [0.15, 0.2) is 69.2 Å². The van der Waals surface area contributed by atoms with Crippen LogP contribution in [0.3, 0.4) is 0 Å². The van der Waals surface area contributed by atoms with Crippen LogP contribution in [0.25, 0.3) is 21.9 Å². The lowest BCUT2D eigenvalue weighted by Crippen LogP contribution is -2.44. The zero-order valence-corrected chi connectivity index (χ0v) is 32.6. The number of anilines is 2. The monoisotopic (exact) mass is 762 g/mol. The molecule has 8 rings (SSSR count). The van der Waals surface area contributed by atoms with Gasteiger partial charge < -0.3 is 38.7 Å². The van der Waals surface area contributed by atoms with Gasteiger partial charge in [0.05, 0.1) is 5.69 Å². The summed E-state index contributed by atoms with van der Waals surface area (Å²) in [5.74, 6) is 1.29. The summed E-state index contributed by atoms with van der Waals surface area (Å²) < 4.78 is 17.5. The van der Waals surface area contributed by atoms with Gasteiger partial charge in [-0.1, -0.05) is 25.9 Å². The van der Waals surface area contributed by atoms with Crippen LogP contribution in [0.4, 0.5) is 21.1 Å². The van der Waals surface area contributed by atoms with E-state index in [2.05, 4.69) is 48.6 Å². The van der Waals surface area contributed by atoms with Crippen LogP contribution in [0, 0.1) is 0 Å². The number of amides is 3. The molecule has 0 atom stereocenters. The van der Waals surface area contributed by atoms with Gasteiger partial charge in [0.1, 0.15) is 17.1 Å². The van der Waals surface area contributed by atoms with E-state index in [0.29, 0.717) is 59.3 Å². The van der Waals surface area contributed by atoms with E-state index in [9.17, 15) is 14.4 Å². The molecule has 2 aromatic carbocycles. The average molecular weight is 763 g/mol. The molecule has 3 N–H and O–H groups in total. The first-order valence-electron chi connectivity index (χ1n) is 19.6. The van der Waals surface area contributed by atoms with Crippen molar-refractivity contribution in [3.8, 4) is 5.75 Å². The Labute approximate surface area is 325 Å². The molecule has 0 saturated carbocycles. The molecular formula is C42H50N8O6. The topological polar surface area (TPSA) is 152 Å². The highest BCUT2D eigenvalue weighted by Gasteiger charge is 2.27. The highest BCUT2D eigenvalue weighted by Crippen LogP contribution is 2.33. The summed E-state index contributed by atoms with van der Waals surface area (Å²) in [5, 5.41) is 10.9. The predicted octanol–water partition coefficient (Wildman–Crippen LogP) is 7.40. The number of hydrogen-bond acceptors (Lipinski definition) is 10. The molecule has 14 heteroatoms. The fourth-order valence-electron chi connectivity index (χ4n) is 7.64. The second kappa shape index (κ2) is 15.5. The normalized spacial score (nSPS) is 17.3. The molecular weight excluding hydrogens is 713 g/mol. The third kappa shape index (κ3) is 8.17. The van der Waals surface area contributed by atoms with Crippen LogP contribution in [-0.4, -0.2) is 107 Å². The Hall–Kier alpha value is -5.60. The van der Waals surface area contributed by atoms with Crippen LogP contribution in [-0.2, 0) is 12.0 Å². The Bertz CT molecular complexity index is 2280. The third-order valence-corrected chi connectivity index (χ3v) is 11.0. The number of ether oxygens (including phenoxy) is 1. The quantitative estimate of drug-likeness (QED) is 0.136. The molecule has 6 heterocycles. The van der Waals surface area contributed by atoms with E-state index in [1.165, 1.54) is 25.0 Å². The number of fused-ring (bicyclic) bond motifs is 2. The molecule has 0 aliphatic carbocycles. The smallest absolute Gasteiger partial charge is 0.415 e. The van der Waals surface area contributed by atoms with Crippen molar-refractivity contribution >= 4 is 51.3 Å². The number of nitrogens with zero attached hydrogens (tertiary/aromatic N) is 5. The second-order valence-corrected chi connectivity index (χ2v) is 16.2. The van der Waals surface area contributed by atoms with Gasteiger partial charge in [-0.3, -0.25) is 15.0 Å². The number of rotatable bonds is 8. The van der Waals surface area contributed by atoms with Gasteiger partial charge in [-0.2, -0.15) is 0 Å². The molecule has 2 saturated heterocycles. The number of carbonyl (C=O) groups is 3. The minimum absolute atomic E-state index is 0.153. The summed E-state index contributed by atoms with van der Waals surface area (Å²) >= 11 is 0. The lowest BCUT2D eigenvalue weighted by Gasteiger charge is -2.35. The molecule has 0 radical (unpaired) electrons. The molecule has 14 nitrogen and oxygen atoms in total. The Morgan fingerprint density at radius 2 is 1.71 bits per heavy atom. The van der Waals surface area contributed by atoms with Crippen LogP contribution in [0.5, 0.6) is 5.75 Å². The third-order valence-electron chi connectivity index (χ3n) is 11.0. The molecule has 0 bridgehead atoms. The predicted molar refractivity (Wildman–Crippen MR) is 214 cm³/mol. The van der Waals surface area contributed by atoms with Gasteiger partial charge in [-0.15, -0.1) is 0 Å². The molecule has 2 fully saturated rings. The SMILES string of the molecule is CN1CCN(Cc2c(OC(=O)N3CC=C(N4CCCCC4)CC3)ccc3[nH]c(C(=O)c4cc5cc(NC(=O)Nc6cc(C(C)(C)C)on6)ccc5o4)cc23)CC1. The van der Waals surface area contributed by atoms with Crippen molar-refractivity contribution in [3.63, 3.8) is 0 Å². The number of carbonyl (C=O) groups excluding carboxylic acids is 3. The number of benzene rings is 2. The summed E-state index contributed by atoms with van der Waals surface area (Å²) in [4.78, 5) is 52.4. The number of hydrogen-bond donors (Lipinski definition) is 3. The maximum Gasteiger partial charge on any atom is 0.415 e. The first-order valence-corrected chi connectivity index (χ1v) is 19.6. The molecule has 0 unspecified atom stereocenters. The van der Waals surface area contributed by atoms with E-state index in [-0.39, 0.29) is 23.1 Å². The van der Waals surface area contributed by atoms with E-state index >= 15 is 0 Å². The lowest BCUT2D eigenvalue weighted by atomic mass is 9.93. The highest BCUT2D eigenvalue weighted by molar-refractivity contribution is 6.11. The van der Waals surface area contributed by atoms with Crippen molar-refractivity contribution in [1.82, 2.24) is 29.7 Å². The maximum absolute atomic E-state index is 13.9. The Morgan fingerprint density at radius 3 is 2.45 bits per heavy atom. The largest absolute Gasteiger partial charge is 0.453 e. The first-order chi connectivity index (χ1) is 27.0. The summed E-state index contributed by atoms with van der Waals surface area (Å²) in [5.41, 5.74) is 4.08. The number of furan rings is 1. The van der Waals surface area contributed by atoms with Gasteiger partial charge in [-0.05, 0) is 74.9 Å². The molecule has 0 spiro atoms. The molecule has 3 aromatic heterocycles. The van der Waals surface area contributed by atoms with E-state index in [4.69, 9.17) is 13.7 Å². The molecule has 5 aromatic rings. The standard InChI is InChI=1S/C42H50N8O6/c1-42(2,3)37-25-38(46-56-37)45-40(52)43-28-8-10-34-27(22-28)23-36(54-34)39(51)33-24-30-31(26-48-20-18-47(4)19-21-48)35(11-9-32(30)44-33)55-41(53)50-16-12-29(13-17-50)49-14-6-5-7-15-49/h8-12,22-25,44H,5-7,13-21,26H2,1-4H3,(H2,43,45,46,52). The van der Waals surface area contributed by atoms with Gasteiger partial charge in [0.2, 0.25) is 5.78 Å². The van der Waals surface area contributed by atoms with Gasteiger partial charge >= 0.3 is 12.1 Å². The van der Waals surface area contributed by atoms with Crippen molar-refractivity contribution in [3.05, 3.63) is 83.1 Å². The second-order valence-electron chi connectivity index (χ2n) is 16.2. The van der Waals surface area contributed by atoms with Gasteiger partial charge in [-0.25, -0.2) is 9.59 Å². The highest BCUT2D eigenvalue weighted by atomic mass is 16.6. The Balaban J connectivity index is 0.997. The van der Waals surface area contributed by atoms with Gasteiger partial charge in [0.25, 0.3) is 0 Å². The minimum atomic E-state index is -0.483. The summed E-state index contributed by atoms with van der Waals surface area (Å²) in [6.45, 7) is 13.5. The zero-order valence-electron chi connectivity index (χ0n) is 32.6. The zero-order chi connectivity index (χ0) is 39.0. The fourth-order valence-corrected chi connectivity index (χ4v) is 7.64. The molecule has 294 valence electrons. The number of aromatic nitrogens is 2. The summed E-state index contributed by atoms with van der Waals surface area (Å²) in [6, 6.07) is 13.5.